The highest BCUT2D eigenvalue weighted by Crippen LogP contribution is 2.51. The molecule has 0 unspecified atom stereocenters. The summed E-state index contributed by atoms with van der Waals surface area (Å²) in [5.74, 6) is -1.06. The fourth-order valence-corrected chi connectivity index (χ4v) is 6.51. The van der Waals surface area contributed by atoms with Crippen molar-refractivity contribution >= 4 is 16.0 Å². The Morgan fingerprint density at radius 2 is 1.70 bits per heavy atom. The van der Waals surface area contributed by atoms with Gasteiger partial charge in [-0.25, -0.2) is 13.1 Å². The lowest BCUT2D eigenvalue weighted by Gasteiger charge is -2.46. The first kappa shape index (κ1) is 15.1. The van der Waals surface area contributed by atoms with Crippen molar-refractivity contribution in [1.82, 2.24) is 4.72 Å². The van der Waals surface area contributed by atoms with Gasteiger partial charge in [-0.15, -0.1) is 0 Å². The van der Waals surface area contributed by atoms with Crippen molar-refractivity contribution < 1.29 is 18.3 Å². The number of hydrogen-bond acceptors (Lipinski definition) is 3. The van der Waals surface area contributed by atoms with Gasteiger partial charge in [-0.1, -0.05) is 30.7 Å². The number of sulfonamides is 1. The highest BCUT2D eigenvalue weighted by Gasteiger charge is 2.57. The van der Waals surface area contributed by atoms with E-state index in [4.69, 9.17) is 0 Å². The van der Waals surface area contributed by atoms with Gasteiger partial charge in [-0.3, -0.25) is 4.79 Å². The lowest BCUT2D eigenvalue weighted by molar-refractivity contribution is -0.152. The van der Waals surface area contributed by atoms with Crippen molar-refractivity contribution in [3.8, 4) is 0 Å². The van der Waals surface area contributed by atoms with E-state index in [2.05, 4.69) is 4.72 Å². The van der Waals surface area contributed by atoms with Gasteiger partial charge in [0, 0.05) is 6.04 Å². The molecule has 4 rings (SSSR count). The van der Waals surface area contributed by atoms with Crippen LogP contribution in [0.15, 0.2) is 24.3 Å². The van der Waals surface area contributed by atoms with Crippen LogP contribution in [0.2, 0.25) is 0 Å². The zero-order chi connectivity index (χ0) is 16.2. The second-order valence-electron chi connectivity index (χ2n) is 7.11. The van der Waals surface area contributed by atoms with E-state index in [-0.39, 0.29) is 11.8 Å². The summed E-state index contributed by atoms with van der Waals surface area (Å²) in [5.41, 5.74) is 2.18. The van der Waals surface area contributed by atoms with Gasteiger partial charge >= 0.3 is 5.97 Å². The van der Waals surface area contributed by atoms with Crippen LogP contribution in [0.25, 0.3) is 0 Å². The molecule has 0 bridgehead atoms. The Bertz CT molecular complexity index is 720. The molecule has 0 saturated heterocycles. The fraction of sp³-hybridized carbons (Fsp3) is 0.588. The van der Waals surface area contributed by atoms with Crippen LogP contribution in [0.3, 0.4) is 0 Å². The minimum atomic E-state index is -3.51. The Morgan fingerprint density at radius 1 is 1.09 bits per heavy atom. The molecule has 2 saturated carbocycles. The van der Waals surface area contributed by atoms with Gasteiger partial charge in [0.05, 0.1) is 11.2 Å². The normalized spacial score (nSPS) is 33.0. The quantitative estimate of drug-likeness (QED) is 0.875. The predicted molar refractivity (Wildman–Crippen MR) is 85.4 cm³/mol. The Labute approximate surface area is 136 Å². The minimum absolute atomic E-state index is 0.154. The lowest BCUT2D eigenvalue weighted by atomic mass is 9.63. The first-order chi connectivity index (χ1) is 11.0. The zero-order valence-corrected chi connectivity index (χ0v) is 13.6. The fourth-order valence-electron chi connectivity index (χ4n) is 4.82. The predicted octanol–water partition coefficient (Wildman–Crippen LogP) is 1.57. The second-order valence-corrected chi connectivity index (χ2v) is 9.10. The number of aliphatic carboxylic acids is 1. The van der Waals surface area contributed by atoms with Gasteiger partial charge in [0.25, 0.3) is 0 Å². The van der Waals surface area contributed by atoms with Gasteiger partial charge in [0.1, 0.15) is 0 Å². The summed E-state index contributed by atoms with van der Waals surface area (Å²) in [6, 6.07) is 7.38. The van der Waals surface area contributed by atoms with Crippen LogP contribution in [-0.2, 0) is 27.7 Å². The maximum Gasteiger partial charge on any atom is 0.308 e. The molecule has 23 heavy (non-hydrogen) atoms. The summed E-state index contributed by atoms with van der Waals surface area (Å²) in [6.07, 6.45) is 3.89. The maximum atomic E-state index is 12.8. The van der Waals surface area contributed by atoms with Crippen LogP contribution in [0.4, 0.5) is 0 Å². The van der Waals surface area contributed by atoms with E-state index in [0.29, 0.717) is 12.8 Å². The Kier molecular flexibility index (Phi) is 3.50. The Morgan fingerprint density at radius 3 is 2.30 bits per heavy atom. The van der Waals surface area contributed by atoms with Crippen LogP contribution >= 0.6 is 0 Å². The number of rotatable bonds is 4. The van der Waals surface area contributed by atoms with Crippen molar-refractivity contribution in [2.75, 3.05) is 0 Å². The SMILES string of the molecule is O=C(O)[C@H]1[C@H]2CCC[C@H]2[C@@H]1NS(=O)(=O)C1Cc2ccccc2C1. The van der Waals surface area contributed by atoms with Crippen molar-refractivity contribution in [1.29, 1.82) is 0 Å². The van der Waals surface area contributed by atoms with E-state index in [9.17, 15) is 18.3 Å². The van der Waals surface area contributed by atoms with Crippen molar-refractivity contribution in [3.63, 3.8) is 0 Å². The molecule has 1 aromatic carbocycles. The molecule has 0 heterocycles. The van der Waals surface area contributed by atoms with Crippen molar-refractivity contribution in [2.24, 2.45) is 17.8 Å². The smallest absolute Gasteiger partial charge is 0.308 e. The second kappa shape index (κ2) is 5.31. The first-order valence-electron chi connectivity index (χ1n) is 8.28. The summed E-state index contributed by atoms with van der Waals surface area (Å²) in [4.78, 5) is 11.5. The van der Waals surface area contributed by atoms with E-state index in [1.807, 2.05) is 24.3 Å². The third kappa shape index (κ3) is 2.39. The first-order valence-corrected chi connectivity index (χ1v) is 9.83. The number of hydrogen-bond donors (Lipinski definition) is 2. The monoisotopic (exact) mass is 335 g/mol. The topological polar surface area (TPSA) is 83.5 Å². The van der Waals surface area contributed by atoms with Crippen molar-refractivity contribution in [3.05, 3.63) is 35.4 Å². The number of benzene rings is 1. The zero-order valence-electron chi connectivity index (χ0n) is 12.8. The van der Waals surface area contributed by atoms with Crippen LogP contribution in [0.5, 0.6) is 0 Å². The molecule has 3 aliphatic carbocycles. The van der Waals surface area contributed by atoms with Crippen LogP contribution in [0, 0.1) is 17.8 Å². The van der Waals surface area contributed by atoms with Crippen LogP contribution in [0.1, 0.15) is 30.4 Å². The summed E-state index contributed by atoms with van der Waals surface area (Å²) >= 11 is 0. The molecule has 124 valence electrons. The lowest BCUT2D eigenvalue weighted by Crippen LogP contribution is -2.61. The molecule has 5 nitrogen and oxygen atoms in total. The molecule has 6 heteroatoms. The molecule has 1 aromatic rings. The van der Waals surface area contributed by atoms with E-state index >= 15 is 0 Å². The molecule has 0 radical (unpaired) electrons. The molecule has 0 spiro atoms. The number of nitrogens with one attached hydrogen (secondary N) is 1. The molecular formula is C17H21NO4S. The number of carboxylic acid groups (broad SMARTS) is 1. The number of fused-ring (bicyclic) bond motifs is 2. The van der Waals surface area contributed by atoms with Crippen LogP contribution < -0.4 is 4.72 Å². The van der Waals surface area contributed by atoms with Gasteiger partial charge in [-0.05, 0) is 48.6 Å². The average Bonchev–Trinajstić information content (AvgIpc) is 3.09. The van der Waals surface area contributed by atoms with E-state index in [1.54, 1.807) is 0 Å². The van der Waals surface area contributed by atoms with E-state index < -0.39 is 33.2 Å². The molecule has 2 N–H and O–H groups in total. The third-order valence-corrected chi connectivity index (χ3v) is 7.78. The van der Waals surface area contributed by atoms with Gasteiger partial charge in [-0.2, -0.15) is 0 Å². The summed E-state index contributed by atoms with van der Waals surface area (Å²) in [5, 5.41) is 8.94. The highest BCUT2D eigenvalue weighted by molar-refractivity contribution is 7.90. The van der Waals surface area contributed by atoms with Gasteiger partial charge in [0.2, 0.25) is 10.0 Å². The summed E-state index contributed by atoms with van der Waals surface area (Å²) < 4.78 is 28.3. The van der Waals surface area contributed by atoms with E-state index in [0.717, 1.165) is 30.4 Å². The maximum absolute atomic E-state index is 12.8. The molecule has 2 fully saturated rings. The minimum Gasteiger partial charge on any atom is -0.481 e. The molecule has 0 amide bonds. The highest BCUT2D eigenvalue weighted by atomic mass is 32.2. The van der Waals surface area contributed by atoms with Crippen LogP contribution in [-0.4, -0.2) is 30.8 Å². The summed E-state index contributed by atoms with van der Waals surface area (Å²) in [7, 11) is -3.51. The largest absolute Gasteiger partial charge is 0.481 e. The van der Waals surface area contributed by atoms with E-state index in [1.165, 1.54) is 0 Å². The number of carboxylic acids is 1. The Hall–Kier alpha value is -1.40. The average molecular weight is 335 g/mol. The third-order valence-electron chi connectivity index (χ3n) is 5.97. The number of carbonyl (C=O) groups is 1. The standard InChI is InChI=1S/C17H21NO4S/c19-17(20)15-13-6-3-7-14(13)16(15)18-23(21,22)12-8-10-4-1-2-5-11(10)9-12/h1-2,4-5,12-16,18H,3,6-9H2,(H,19,20)/t13-,14+,15-,16-/m0/s1. The van der Waals surface area contributed by atoms with Gasteiger partial charge < -0.3 is 5.11 Å². The summed E-state index contributed by atoms with van der Waals surface area (Å²) in [6.45, 7) is 0. The molecule has 3 aliphatic rings. The van der Waals surface area contributed by atoms with Gasteiger partial charge in [0.15, 0.2) is 0 Å². The van der Waals surface area contributed by atoms with Crippen molar-refractivity contribution in [2.45, 2.75) is 43.4 Å². The molecule has 4 atom stereocenters. The molecule has 0 aliphatic heterocycles. The Balaban J connectivity index is 1.51. The molecular weight excluding hydrogens is 314 g/mol. The molecule has 0 aromatic heterocycles.